The molecule has 5 heteroatoms. The second-order valence-corrected chi connectivity index (χ2v) is 5.88. The second-order valence-electron chi connectivity index (χ2n) is 5.88. The van der Waals surface area contributed by atoms with E-state index in [-0.39, 0.29) is 5.75 Å². The fraction of sp³-hybridized carbons (Fsp3) is 0.105. The molecule has 1 aliphatic rings. The fourth-order valence-electron chi connectivity index (χ4n) is 3.16. The number of hydrogen-bond donors (Lipinski definition) is 2. The van der Waals surface area contributed by atoms with Crippen LogP contribution in [0.1, 0.15) is 0 Å². The van der Waals surface area contributed by atoms with E-state index < -0.39 is 0 Å². The van der Waals surface area contributed by atoms with Crippen molar-refractivity contribution in [1.82, 2.24) is 0 Å². The third-order valence-corrected chi connectivity index (χ3v) is 4.45. The first kappa shape index (κ1) is 14.5. The number of phenolic OH excluding ortho intramolecular Hbond substituents is 1. The van der Waals surface area contributed by atoms with Gasteiger partial charge in [-0.05, 0) is 22.6 Å². The minimum Gasteiger partial charge on any atom is -0.506 e. The van der Waals surface area contributed by atoms with Gasteiger partial charge in [0, 0.05) is 11.5 Å². The van der Waals surface area contributed by atoms with Crippen LogP contribution in [0.4, 0.5) is 17.1 Å². The zero-order valence-electron chi connectivity index (χ0n) is 13.6. The highest BCUT2D eigenvalue weighted by atomic mass is 16.3. The molecule has 1 heterocycles. The van der Waals surface area contributed by atoms with Crippen molar-refractivity contribution in [3.8, 4) is 5.75 Å². The molecule has 0 aliphatic carbocycles. The molecule has 24 heavy (non-hydrogen) atoms. The number of nitrogens with one attached hydrogen (secondary N) is 1. The lowest BCUT2D eigenvalue weighted by molar-refractivity contribution is -0.719. The molecule has 0 saturated heterocycles. The summed E-state index contributed by atoms with van der Waals surface area (Å²) in [6, 6.07) is 19.6. The summed E-state index contributed by atoms with van der Waals surface area (Å²) < 4.78 is 2.02. The van der Waals surface area contributed by atoms with Gasteiger partial charge in [0.05, 0.1) is 14.1 Å². The van der Waals surface area contributed by atoms with Gasteiger partial charge in [0.1, 0.15) is 10.9 Å². The normalized spacial score (nSPS) is 17.0. The van der Waals surface area contributed by atoms with Crippen molar-refractivity contribution in [3.63, 3.8) is 0 Å². The summed E-state index contributed by atoms with van der Waals surface area (Å²) in [7, 11) is 4.02. The minimum absolute atomic E-state index is 0.133. The van der Waals surface area contributed by atoms with Gasteiger partial charge in [-0.25, -0.2) is 0 Å². The average molecular weight is 318 g/mol. The van der Waals surface area contributed by atoms with Crippen LogP contribution in [0.25, 0.3) is 10.8 Å². The zero-order chi connectivity index (χ0) is 16.7. The number of aromatic hydroxyl groups is 1. The van der Waals surface area contributed by atoms with Crippen LogP contribution in [0.3, 0.4) is 0 Å². The van der Waals surface area contributed by atoms with E-state index in [2.05, 4.69) is 22.4 Å². The van der Waals surface area contributed by atoms with E-state index in [1.54, 1.807) is 6.07 Å². The molecule has 0 spiro atoms. The van der Waals surface area contributed by atoms with E-state index in [0.717, 1.165) is 33.0 Å². The summed E-state index contributed by atoms with van der Waals surface area (Å²) in [6.45, 7) is 0. The van der Waals surface area contributed by atoms with Gasteiger partial charge >= 0.3 is 5.96 Å². The van der Waals surface area contributed by atoms with E-state index in [4.69, 9.17) is 0 Å². The van der Waals surface area contributed by atoms with Gasteiger partial charge in [-0.3, -0.25) is 0 Å². The summed E-state index contributed by atoms with van der Waals surface area (Å²) in [5.74, 6) is 0.928. The van der Waals surface area contributed by atoms with Crippen molar-refractivity contribution in [1.29, 1.82) is 0 Å². The van der Waals surface area contributed by atoms with Gasteiger partial charge < -0.3 is 5.11 Å². The topological polar surface area (TPSA) is 52.4 Å². The van der Waals surface area contributed by atoms with Gasteiger partial charge in [-0.2, -0.15) is 9.48 Å². The monoisotopic (exact) mass is 318 g/mol. The molecule has 3 aromatic rings. The lowest BCUT2D eigenvalue weighted by atomic mass is 10.1. The Labute approximate surface area is 139 Å². The Morgan fingerprint density at radius 2 is 1.67 bits per heavy atom. The van der Waals surface area contributed by atoms with Gasteiger partial charge in [0.25, 0.3) is 0 Å². The second kappa shape index (κ2) is 5.54. The predicted molar refractivity (Wildman–Crippen MR) is 94.0 cm³/mol. The molecule has 118 valence electrons. The number of azo groups is 1. The quantitative estimate of drug-likeness (QED) is 0.526. The first-order valence-corrected chi connectivity index (χ1v) is 7.83. The first-order chi connectivity index (χ1) is 11.7. The Hall–Kier alpha value is -3.05. The number of quaternary nitrogens is 1. The Morgan fingerprint density at radius 1 is 0.917 bits per heavy atom. The highest BCUT2D eigenvalue weighted by Gasteiger charge is 2.37. The van der Waals surface area contributed by atoms with Crippen molar-refractivity contribution in [2.24, 2.45) is 10.2 Å². The van der Waals surface area contributed by atoms with Crippen LogP contribution in [-0.4, -0.2) is 29.7 Å². The number of guanidine groups is 1. The predicted octanol–water partition coefficient (Wildman–Crippen LogP) is 3.12. The number of phenols is 1. The number of rotatable bonds is 1. The Kier molecular flexibility index (Phi) is 3.36. The van der Waals surface area contributed by atoms with E-state index in [0.29, 0.717) is 5.69 Å². The molecular weight excluding hydrogens is 300 g/mol. The molecule has 0 saturated carbocycles. The van der Waals surface area contributed by atoms with Crippen molar-refractivity contribution >= 4 is 33.8 Å². The van der Waals surface area contributed by atoms with Crippen LogP contribution >= 0.6 is 0 Å². The van der Waals surface area contributed by atoms with Crippen molar-refractivity contribution in [3.05, 3.63) is 60.7 Å². The van der Waals surface area contributed by atoms with Crippen LogP contribution in [0.2, 0.25) is 0 Å². The molecule has 0 fully saturated rings. The molecule has 0 aromatic heterocycles. The summed E-state index contributed by atoms with van der Waals surface area (Å²) >= 11 is 0. The summed E-state index contributed by atoms with van der Waals surface area (Å²) in [6.07, 6.45) is 0. The van der Waals surface area contributed by atoms with Gasteiger partial charge in [-0.1, -0.05) is 42.5 Å². The maximum atomic E-state index is 10.2. The summed E-state index contributed by atoms with van der Waals surface area (Å²) in [5, 5.41) is 20.9. The van der Waals surface area contributed by atoms with Crippen molar-refractivity contribution in [2.75, 3.05) is 14.1 Å². The maximum absolute atomic E-state index is 10.2. The molecule has 0 amide bonds. The number of nitrogens with zero attached hydrogens (tertiary/aromatic N) is 3. The number of fused-ring (bicyclic) bond motifs is 2. The third kappa shape index (κ3) is 2.18. The molecule has 0 radical (unpaired) electrons. The minimum atomic E-state index is 0.133. The largest absolute Gasteiger partial charge is 0.525 e. The van der Waals surface area contributed by atoms with Gasteiger partial charge in [0.2, 0.25) is 0 Å². The van der Waals surface area contributed by atoms with Gasteiger partial charge in [-0.15, -0.1) is 0 Å². The zero-order valence-corrected chi connectivity index (χ0v) is 13.6. The molecule has 2 N–H and O–H groups in total. The smallest absolute Gasteiger partial charge is 0.506 e. The number of benzene rings is 3. The van der Waals surface area contributed by atoms with Crippen LogP contribution in [0.5, 0.6) is 5.75 Å². The standard InChI is InChI=1S/C19H16N4O/c1-22-15-9-5-6-10-16(15)23(2)19(22)21-20-18-14-8-4-3-7-13(14)11-12-17(18)24/h3-12H,1-2H3/p+2. The van der Waals surface area contributed by atoms with Gasteiger partial charge in [0.15, 0.2) is 17.1 Å². The molecule has 1 unspecified atom stereocenters. The highest BCUT2D eigenvalue weighted by molar-refractivity contribution is 5.95. The number of para-hydroxylation sites is 2. The summed E-state index contributed by atoms with van der Waals surface area (Å²) in [4.78, 5) is 1.08. The molecule has 1 atom stereocenters. The van der Waals surface area contributed by atoms with Crippen molar-refractivity contribution in [2.45, 2.75) is 0 Å². The van der Waals surface area contributed by atoms with Crippen LogP contribution in [-0.2, 0) is 0 Å². The molecular formula is C19H18N4O+2. The molecule has 0 bridgehead atoms. The van der Waals surface area contributed by atoms with Crippen LogP contribution in [0.15, 0.2) is 70.9 Å². The number of hydrogen-bond acceptors (Lipinski definition) is 3. The molecule has 3 aromatic carbocycles. The van der Waals surface area contributed by atoms with E-state index in [1.807, 2.05) is 61.1 Å². The van der Waals surface area contributed by atoms with Crippen LogP contribution in [0, 0.1) is 0 Å². The summed E-state index contributed by atoms with van der Waals surface area (Å²) in [5.41, 5.74) is 2.78. The SMILES string of the molecule is C[N+]1=C(N=Nc2c(O)ccc3ccccc23)[NH+](C)c2ccccc21. The highest BCUT2D eigenvalue weighted by Crippen LogP contribution is 2.35. The van der Waals surface area contributed by atoms with E-state index >= 15 is 0 Å². The van der Waals surface area contributed by atoms with E-state index in [1.165, 1.54) is 0 Å². The molecule has 4 rings (SSSR count). The lowest BCUT2D eigenvalue weighted by Gasteiger charge is -2.01. The third-order valence-electron chi connectivity index (χ3n) is 4.45. The van der Waals surface area contributed by atoms with Crippen LogP contribution < -0.4 is 4.90 Å². The Morgan fingerprint density at radius 3 is 2.50 bits per heavy atom. The lowest BCUT2D eigenvalue weighted by Crippen LogP contribution is -3.05. The fourth-order valence-corrected chi connectivity index (χ4v) is 3.16. The van der Waals surface area contributed by atoms with E-state index in [9.17, 15) is 5.11 Å². The Bertz CT molecular complexity index is 1010. The molecule has 1 aliphatic heterocycles. The molecule has 5 nitrogen and oxygen atoms in total. The van der Waals surface area contributed by atoms with Crippen molar-refractivity contribution < 1.29 is 14.6 Å². The first-order valence-electron chi connectivity index (χ1n) is 7.83. The average Bonchev–Trinajstić information content (AvgIpc) is 2.86. The Balaban J connectivity index is 1.80. The maximum Gasteiger partial charge on any atom is 0.525 e.